The second-order valence-corrected chi connectivity index (χ2v) is 6.39. The van der Waals surface area contributed by atoms with Crippen molar-refractivity contribution in [2.45, 2.75) is 37.9 Å². The van der Waals surface area contributed by atoms with Gasteiger partial charge < -0.3 is 20.3 Å². The van der Waals surface area contributed by atoms with Crippen LogP contribution < -0.4 is 10.6 Å². The molecule has 6 nitrogen and oxygen atoms in total. The number of hydrogen-bond acceptors (Lipinski definition) is 3. The lowest BCUT2D eigenvalue weighted by Gasteiger charge is -2.17. The molecule has 24 heavy (non-hydrogen) atoms. The van der Waals surface area contributed by atoms with Crippen molar-refractivity contribution in [3.8, 4) is 0 Å². The minimum Gasteiger partial charge on any atom is -0.368 e. The number of amides is 3. The monoisotopic (exact) mass is 331 g/mol. The molecular formula is C18H25N3O3. The highest BCUT2D eigenvalue weighted by molar-refractivity contribution is 5.84. The molecule has 3 amide bonds. The van der Waals surface area contributed by atoms with Gasteiger partial charge in [0.1, 0.15) is 0 Å². The van der Waals surface area contributed by atoms with Crippen LogP contribution in [0.4, 0.5) is 4.79 Å². The highest BCUT2D eigenvalue weighted by Crippen LogP contribution is 2.32. The summed E-state index contributed by atoms with van der Waals surface area (Å²) in [6.07, 6.45) is 4.13. The molecule has 2 unspecified atom stereocenters. The lowest BCUT2D eigenvalue weighted by Crippen LogP contribution is -2.44. The van der Waals surface area contributed by atoms with E-state index in [4.69, 9.17) is 4.74 Å². The van der Waals surface area contributed by atoms with E-state index in [1.165, 1.54) is 5.56 Å². The summed E-state index contributed by atoms with van der Waals surface area (Å²) in [4.78, 5) is 25.4. The molecule has 2 atom stereocenters. The van der Waals surface area contributed by atoms with Gasteiger partial charge in [0, 0.05) is 19.6 Å². The van der Waals surface area contributed by atoms with Gasteiger partial charge in [0.25, 0.3) is 0 Å². The SMILES string of the molecule is O=C(CNC(=O)N1CCCC1)NCC1CCC(c2ccccc2)O1. The Hall–Kier alpha value is -2.08. The molecular weight excluding hydrogens is 306 g/mol. The number of ether oxygens (including phenoxy) is 1. The summed E-state index contributed by atoms with van der Waals surface area (Å²) in [7, 11) is 0. The van der Waals surface area contributed by atoms with E-state index in [2.05, 4.69) is 22.8 Å². The lowest BCUT2D eigenvalue weighted by molar-refractivity contribution is -0.120. The van der Waals surface area contributed by atoms with Gasteiger partial charge in [-0.05, 0) is 31.2 Å². The Kier molecular flexibility index (Phi) is 5.69. The summed E-state index contributed by atoms with van der Waals surface area (Å²) in [5.41, 5.74) is 1.18. The van der Waals surface area contributed by atoms with Gasteiger partial charge in [0.2, 0.25) is 5.91 Å². The summed E-state index contributed by atoms with van der Waals surface area (Å²) in [5, 5.41) is 5.51. The normalized spacial score (nSPS) is 23.2. The van der Waals surface area contributed by atoms with E-state index < -0.39 is 0 Å². The molecule has 6 heteroatoms. The molecule has 0 aliphatic carbocycles. The van der Waals surface area contributed by atoms with Crippen LogP contribution in [0.3, 0.4) is 0 Å². The van der Waals surface area contributed by atoms with E-state index in [9.17, 15) is 9.59 Å². The van der Waals surface area contributed by atoms with Crippen LogP contribution in [0.2, 0.25) is 0 Å². The highest BCUT2D eigenvalue weighted by Gasteiger charge is 2.26. The van der Waals surface area contributed by atoms with E-state index >= 15 is 0 Å². The van der Waals surface area contributed by atoms with Crippen LogP contribution in [-0.4, -0.2) is 49.1 Å². The second kappa shape index (κ2) is 8.15. The zero-order valence-corrected chi connectivity index (χ0v) is 13.9. The fraction of sp³-hybridized carbons (Fsp3) is 0.556. The maximum atomic E-state index is 11.9. The van der Waals surface area contributed by atoms with Gasteiger partial charge in [0.15, 0.2) is 0 Å². The molecule has 2 saturated heterocycles. The third-order valence-electron chi connectivity index (χ3n) is 4.60. The van der Waals surface area contributed by atoms with Crippen molar-refractivity contribution in [1.82, 2.24) is 15.5 Å². The van der Waals surface area contributed by atoms with E-state index in [-0.39, 0.29) is 30.7 Å². The van der Waals surface area contributed by atoms with Crippen molar-refractivity contribution in [1.29, 1.82) is 0 Å². The molecule has 0 saturated carbocycles. The lowest BCUT2D eigenvalue weighted by atomic mass is 10.1. The molecule has 0 radical (unpaired) electrons. The molecule has 0 spiro atoms. The van der Waals surface area contributed by atoms with Gasteiger partial charge >= 0.3 is 6.03 Å². The number of likely N-dealkylation sites (tertiary alicyclic amines) is 1. The molecule has 0 bridgehead atoms. The number of hydrogen-bond donors (Lipinski definition) is 2. The Morgan fingerprint density at radius 3 is 2.58 bits per heavy atom. The fourth-order valence-corrected chi connectivity index (χ4v) is 3.25. The van der Waals surface area contributed by atoms with Gasteiger partial charge in [-0.15, -0.1) is 0 Å². The van der Waals surface area contributed by atoms with Gasteiger partial charge in [-0.25, -0.2) is 4.79 Å². The fourth-order valence-electron chi connectivity index (χ4n) is 3.25. The van der Waals surface area contributed by atoms with Gasteiger partial charge in [-0.2, -0.15) is 0 Å². The first-order valence-corrected chi connectivity index (χ1v) is 8.72. The predicted molar refractivity (Wildman–Crippen MR) is 90.5 cm³/mol. The third kappa shape index (κ3) is 4.47. The molecule has 2 aliphatic heterocycles. The first-order chi connectivity index (χ1) is 11.7. The molecule has 2 fully saturated rings. The zero-order chi connectivity index (χ0) is 16.8. The number of benzene rings is 1. The van der Waals surface area contributed by atoms with Crippen molar-refractivity contribution in [2.75, 3.05) is 26.2 Å². The Balaban J connectivity index is 1.34. The smallest absolute Gasteiger partial charge is 0.317 e. The number of carbonyl (C=O) groups is 2. The maximum absolute atomic E-state index is 11.9. The molecule has 130 valence electrons. The summed E-state index contributed by atoms with van der Waals surface area (Å²) in [6.45, 7) is 2.07. The molecule has 1 aromatic carbocycles. The molecule has 2 aliphatic rings. The maximum Gasteiger partial charge on any atom is 0.317 e. The summed E-state index contributed by atoms with van der Waals surface area (Å²) >= 11 is 0. The quantitative estimate of drug-likeness (QED) is 0.865. The number of urea groups is 1. The van der Waals surface area contributed by atoms with E-state index in [0.717, 1.165) is 38.8 Å². The van der Waals surface area contributed by atoms with Crippen LogP contribution in [0.15, 0.2) is 30.3 Å². The van der Waals surface area contributed by atoms with Gasteiger partial charge in [-0.3, -0.25) is 4.79 Å². The number of nitrogens with zero attached hydrogens (tertiary/aromatic N) is 1. The Morgan fingerprint density at radius 1 is 1.08 bits per heavy atom. The number of carbonyl (C=O) groups excluding carboxylic acids is 2. The van der Waals surface area contributed by atoms with E-state index in [0.29, 0.717) is 6.54 Å². The summed E-state index contributed by atoms with van der Waals surface area (Å²) < 4.78 is 5.99. The summed E-state index contributed by atoms with van der Waals surface area (Å²) in [6, 6.07) is 10.0. The first kappa shape index (κ1) is 16.8. The Bertz CT molecular complexity index is 558. The molecule has 3 rings (SSSR count). The molecule has 2 heterocycles. The average molecular weight is 331 g/mol. The summed E-state index contributed by atoms with van der Waals surface area (Å²) in [5.74, 6) is -0.172. The van der Waals surface area contributed by atoms with Crippen LogP contribution in [0.25, 0.3) is 0 Å². The van der Waals surface area contributed by atoms with Crippen molar-refractivity contribution in [3.05, 3.63) is 35.9 Å². The minimum absolute atomic E-state index is 0.0180. The molecule has 1 aromatic rings. The average Bonchev–Trinajstić information content (AvgIpc) is 3.30. The Morgan fingerprint density at radius 2 is 1.83 bits per heavy atom. The zero-order valence-electron chi connectivity index (χ0n) is 13.9. The van der Waals surface area contributed by atoms with E-state index in [1.54, 1.807) is 4.90 Å². The van der Waals surface area contributed by atoms with E-state index in [1.807, 2.05) is 18.2 Å². The molecule has 2 N–H and O–H groups in total. The van der Waals surface area contributed by atoms with Crippen molar-refractivity contribution >= 4 is 11.9 Å². The number of nitrogens with one attached hydrogen (secondary N) is 2. The van der Waals surface area contributed by atoms with Crippen LogP contribution in [0.5, 0.6) is 0 Å². The topological polar surface area (TPSA) is 70.7 Å². The van der Waals surface area contributed by atoms with Gasteiger partial charge in [0.05, 0.1) is 18.8 Å². The largest absolute Gasteiger partial charge is 0.368 e. The first-order valence-electron chi connectivity index (χ1n) is 8.72. The third-order valence-corrected chi connectivity index (χ3v) is 4.60. The Labute approximate surface area is 142 Å². The highest BCUT2D eigenvalue weighted by atomic mass is 16.5. The number of rotatable bonds is 5. The van der Waals surface area contributed by atoms with Crippen molar-refractivity contribution < 1.29 is 14.3 Å². The van der Waals surface area contributed by atoms with Crippen molar-refractivity contribution in [2.24, 2.45) is 0 Å². The van der Waals surface area contributed by atoms with Crippen LogP contribution in [0.1, 0.15) is 37.4 Å². The predicted octanol–water partition coefficient (Wildman–Crippen LogP) is 1.83. The minimum atomic E-state index is -0.172. The van der Waals surface area contributed by atoms with Crippen LogP contribution >= 0.6 is 0 Å². The van der Waals surface area contributed by atoms with Gasteiger partial charge in [-0.1, -0.05) is 30.3 Å². The van der Waals surface area contributed by atoms with Crippen LogP contribution in [-0.2, 0) is 9.53 Å². The molecule has 0 aromatic heterocycles. The second-order valence-electron chi connectivity index (χ2n) is 6.39. The van der Waals surface area contributed by atoms with Crippen LogP contribution in [0, 0.1) is 0 Å². The standard InChI is InChI=1S/C18H25N3O3/c22-17(13-20-18(23)21-10-4-5-11-21)19-12-15-8-9-16(24-15)14-6-2-1-3-7-14/h1-3,6-7,15-16H,4-5,8-13H2,(H,19,22)(H,20,23). The van der Waals surface area contributed by atoms with Crippen molar-refractivity contribution in [3.63, 3.8) is 0 Å².